The second kappa shape index (κ2) is 10.7. The molecular formula is C22H29ClN4O4S2. The Morgan fingerprint density at radius 2 is 1.94 bits per heavy atom. The van der Waals surface area contributed by atoms with Gasteiger partial charge in [0.15, 0.2) is 0 Å². The van der Waals surface area contributed by atoms with E-state index < -0.39 is 16.1 Å². The number of carbonyl (C=O) groups is 2. The van der Waals surface area contributed by atoms with E-state index in [1.807, 2.05) is 4.90 Å². The van der Waals surface area contributed by atoms with Crippen molar-refractivity contribution in [3.63, 3.8) is 0 Å². The molecule has 4 heterocycles. The van der Waals surface area contributed by atoms with Gasteiger partial charge in [0.2, 0.25) is 21.8 Å². The molecule has 11 heteroatoms. The quantitative estimate of drug-likeness (QED) is 0.539. The van der Waals surface area contributed by atoms with Crippen LogP contribution >= 0.6 is 22.9 Å². The lowest BCUT2D eigenvalue weighted by molar-refractivity contribution is -0.143. The first kappa shape index (κ1) is 24.4. The summed E-state index contributed by atoms with van der Waals surface area (Å²) in [5, 5.41) is 1.05. The van der Waals surface area contributed by atoms with Crippen LogP contribution in [0.25, 0.3) is 6.08 Å². The Morgan fingerprint density at radius 1 is 1.18 bits per heavy atom. The van der Waals surface area contributed by atoms with E-state index in [-0.39, 0.29) is 24.4 Å². The van der Waals surface area contributed by atoms with E-state index in [2.05, 4.69) is 21.8 Å². The van der Waals surface area contributed by atoms with Crippen molar-refractivity contribution < 1.29 is 18.0 Å². The summed E-state index contributed by atoms with van der Waals surface area (Å²) in [7, 11) is -3.81. The molecule has 1 N–H and O–H groups in total. The number of hydrogen-bond acceptors (Lipinski definition) is 6. The van der Waals surface area contributed by atoms with E-state index in [9.17, 15) is 18.0 Å². The predicted octanol–water partition coefficient (Wildman–Crippen LogP) is 2.15. The molecule has 8 nitrogen and oxygen atoms in total. The molecule has 1 aromatic heterocycles. The van der Waals surface area contributed by atoms with Crippen LogP contribution in [0.15, 0.2) is 29.7 Å². The van der Waals surface area contributed by atoms with Crippen LogP contribution in [0.4, 0.5) is 0 Å². The zero-order valence-corrected chi connectivity index (χ0v) is 20.7. The fraction of sp³-hybridized carbons (Fsp3) is 0.545. The molecule has 2 atom stereocenters. The second-order valence-electron chi connectivity index (χ2n) is 8.64. The van der Waals surface area contributed by atoms with Gasteiger partial charge in [-0.1, -0.05) is 23.8 Å². The van der Waals surface area contributed by atoms with Crippen LogP contribution in [0.1, 0.15) is 30.6 Å². The average Bonchev–Trinajstić information content (AvgIpc) is 3.52. The van der Waals surface area contributed by atoms with Crippen molar-refractivity contribution >= 4 is 50.9 Å². The Labute approximate surface area is 203 Å². The number of amides is 2. The van der Waals surface area contributed by atoms with E-state index in [0.717, 1.165) is 37.9 Å². The molecule has 1 aromatic rings. The van der Waals surface area contributed by atoms with Crippen LogP contribution in [0.5, 0.6) is 0 Å². The standard InChI is InChI=1S/C22H29ClN4O4S2/c23-20-8-7-18(32-20)9-14-33(30,31)24-19-6-4-12-26(22(19)29)16-21(28)27-13-3-5-17(27)15-25-10-1-2-11-25/h1-2,7-9,14,17,19,24H,3-6,10-13,15-16H2/b14-9+/t17-,19-/m0/s1. The van der Waals surface area contributed by atoms with Gasteiger partial charge in [0.1, 0.15) is 6.04 Å². The molecule has 0 spiro atoms. The summed E-state index contributed by atoms with van der Waals surface area (Å²) in [5.74, 6) is -0.402. The van der Waals surface area contributed by atoms with Crippen molar-refractivity contribution in [3.8, 4) is 0 Å². The number of rotatable bonds is 8. The number of halogens is 1. The van der Waals surface area contributed by atoms with Crippen LogP contribution in [0, 0.1) is 0 Å². The van der Waals surface area contributed by atoms with Crippen molar-refractivity contribution in [3.05, 3.63) is 38.9 Å². The number of sulfonamides is 1. The van der Waals surface area contributed by atoms with Gasteiger partial charge in [-0.15, -0.1) is 11.3 Å². The van der Waals surface area contributed by atoms with Gasteiger partial charge in [0.05, 0.1) is 10.9 Å². The van der Waals surface area contributed by atoms with E-state index in [4.69, 9.17) is 11.6 Å². The first-order valence-corrected chi connectivity index (χ1v) is 14.0. The van der Waals surface area contributed by atoms with Crippen LogP contribution in [-0.2, 0) is 19.6 Å². The highest BCUT2D eigenvalue weighted by molar-refractivity contribution is 7.92. The van der Waals surface area contributed by atoms with Crippen LogP contribution < -0.4 is 4.72 Å². The second-order valence-corrected chi connectivity index (χ2v) is 12.0. The molecule has 3 aliphatic heterocycles. The van der Waals surface area contributed by atoms with Gasteiger partial charge in [-0.05, 0) is 43.9 Å². The van der Waals surface area contributed by atoms with E-state index in [0.29, 0.717) is 35.1 Å². The van der Waals surface area contributed by atoms with Crippen molar-refractivity contribution in [2.75, 3.05) is 39.3 Å². The van der Waals surface area contributed by atoms with Crippen molar-refractivity contribution in [1.82, 2.24) is 19.4 Å². The van der Waals surface area contributed by atoms with Gasteiger partial charge in [0, 0.05) is 49.1 Å². The molecular weight excluding hydrogens is 484 g/mol. The maximum absolute atomic E-state index is 13.0. The van der Waals surface area contributed by atoms with Gasteiger partial charge < -0.3 is 9.80 Å². The summed E-state index contributed by atoms with van der Waals surface area (Å²) >= 11 is 7.14. The summed E-state index contributed by atoms with van der Waals surface area (Å²) in [6.07, 6.45) is 8.72. The molecule has 180 valence electrons. The van der Waals surface area contributed by atoms with Crippen LogP contribution in [0.2, 0.25) is 4.34 Å². The van der Waals surface area contributed by atoms with Crippen LogP contribution in [-0.4, -0.2) is 86.3 Å². The highest BCUT2D eigenvalue weighted by Gasteiger charge is 2.35. The minimum absolute atomic E-state index is 0.00462. The third-order valence-electron chi connectivity index (χ3n) is 6.23. The van der Waals surface area contributed by atoms with E-state index in [1.165, 1.54) is 22.3 Å². The third-order valence-corrected chi connectivity index (χ3v) is 8.53. The lowest BCUT2D eigenvalue weighted by atomic mass is 10.1. The topological polar surface area (TPSA) is 90.0 Å². The van der Waals surface area contributed by atoms with Crippen molar-refractivity contribution in [1.29, 1.82) is 0 Å². The Bertz CT molecular complexity index is 1030. The molecule has 0 radical (unpaired) electrons. The Kier molecular flexibility index (Phi) is 7.91. The summed E-state index contributed by atoms with van der Waals surface area (Å²) in [6, 6.07) is 2.73. The number of nitrogens with one attached hydrogen (secondary N) is 1. The largest absolute Gasteiger partial charge is 0.337 e. The monoisotopic (exact) mass is 512 g/mol. The number of nitrogens with zero attached hydrogens (tertiary/aromatic N) is 3. The van der Waals surface area contributed by atoms with Gasteiger partial charge in [-0.2, -0.15) is 4.72 Å². The fourth-order valence-corrected chi connectivity index (χ4v) is 6.66. The zero-order valence-electron chi connectivity index (χ0n) is 18.4. The third kappa shape index (κ3) is 6.45. The summed E-state index contributed by atoms with van der Waals surface area (Å²) in [4.78, 5) is 32.4. The SMILES string of the molecule is O=C1[C@@H](NS(=O)(=O)/C=C/c2ccc(Cl)s2)CCCN1CC(=O)N1CCC[C@H]1CN1CC=CC1. The minimum atomic E-state index is -3.81. The fourth-order valence-electron chi connectivity index (χ4n) is 4.60. The molecule has 2 amide bonds. The summed E-state index contributed by atoms with van der Waals surface area (Å²) < 4.78 is 28.0. The Balaban J connectivity index is 1.33. The molecule has 0 aliphatic carbocycles. The Hall–Kier alpha value is -1.72. The molecule has 0 saturated carbocycles. The molecule has 0 unspecified atom stereocenters. The first-order chi connectivity index (χ1) is 15.8. The summed E-state index contributed by atoms with van der Waals surface area (Å²) in [5.41, 5.74) is 0. The van der Waals surface area contributed by atoms with Gasteiger partial charge >= 0.3 is 0 Å². The molecule has 33 heavy (non-hydrogen) atoms. The van der Waals surface area contributed by atoms with E-state index >= 15 is 0 Å². The molecule has 3 aliphatic rings. The van der Waals surface area contributed by atoms with Gasteiger partial charge in [-0.25, -0.2) is 8.42 Å². The van der Waals surface area contributed by atoms with Crippen molar-refractivity contribution in [2.24, 2.45) is 0 Å². The van der Waals surface area contributed by atoms with Gasteiger partial charge in [0.25, 0.3) is 0 Å². The molecule has 2 fully saturated rings. The number of carbonyl (C=O) groups excluding carboxylic acids is 2. The number of thiophene rings is 1. The average molecular weight is 513 g/mol. The van der Waals surface area contributed by atoms with Gasteiger partial charge in [-0.3, -0.25) is 14.5 Å². The van der Waals surface area contributed by atoms with Crippen LogP contribution in [0.3, 0.4) is 0 Å². The minimum Gasteiger partial charge on any atom is -0.337 e. The maximum atomic E-state index is 13.0. The lowest BCUT2D eigenvalue weighted by Gasteiger charge is -2.34. The highest BCUT2D eigenvalue weighted by Crippen LogP contribution is 2.23. The molecule has 4 rings (SSSR count). The maximum Gasteiger partial charge on any atom is 0.242 e. The lowest BCUT2D eigenvalue weighted by Crippen LogP contribution is -2.55. The number of piperidine rings is 1. The first-order valence-electron chi connectivity index (χ1n) is 11.2. The highest BCUT2D eigenvalue weighted by atomic mass is 35.5. The van der Waals surface area contributed by atoms with E-state index in [1.54, 1.807) is 12.1 Å². The normalized spacial score (nSPS) is 24.5. The zero-order chi connectivity index (χ0) is 23.4. The predicted molar refractivity (Wildman–Crippen MR) is 130 cm³/mol. The smallest absolute Gasteiger partial charge is 0.242 e. The number of likely N-dealkylation sites (tertiary alicyclic amines) is 2. The molecule has 2 saturated heterocycles. The van der Waals surface area contributed by atoms with Crippen molar-refractivity contribution in [2.45, 2.75) is 37.8 Å². The Morgan fingerprint density at radius 3 is 2.67 bits per heavy atom. The summed E-state index contributed by atoms with van der Waals surface area (Å²) in [6.45, 7) is 3.84. The molecule has 0 aromatic carbocycles. The molecule has 0 bridgehead atoms. The number of hydrogen-bond donors (Lipinski definition) is 1.